The van der Waals surface area contributed by atoms with E-state index in [-0.39, 0.29) is 11.4 Å². The van der Waals surface area contributed by atoms with Gasteiger partial charge in [0, 0.05) is 18.2 Å². The van der Waals surface area contributed by atoms with Crippen molar-refractivity contribution in [3.8, 4) is 0 Å². The standard InChI is InChI=1S/C13H16N3O4S2/c17-15(18)11-7-6-10(12(9-11)16(19)20)5-3-1-2-4-8-14-13(21)22/h5-7,9H,1-4,8H2,(H2,14,21,22). The minimum Gasteiger partial charge on any atom is -0.371 e. The van der Waals surface area contributed by atoms with E-state index in [4.69, 9.17) is 12.2 Å². The predicted octanol–water partition coefficient (Wildman–Crippen LogP) is 3.42. The fraction of sp³-hybridized carbons (Fsp3) is 0.385. The van der Waals surface area contributed by atoms with Gasteiger partial charge in [0.1, 0.15) is 4.32 Å². The van der Waals surface area contributed by atoms with Crippen LogP contribution in [0.25, 0.3) is 0 Å². The summed E-state index contributed by atoms with van der Waals surface area (Å²) in [6, 6.07) is 3.68. The molecule has 0 saturated carbocycles. The van der Waals surface area contributed by atoms with Crippen LogP contribution < -0.4 is 5.32 Å². The normalized spacial score (nSPS) is 10.2. The van der Waals surface area contributed by atoms with Crippen molar-refractivity contribution < 1.29 is 9.85 Å². The Balaban J connectivity index is 2.47. The van der Waals surface area contributed by atoms with Gasteiger partial charge in [0.15, 0.2) is 0 Å². The summed E-state index contributed by atoms with van der Waals surface area (Å²) in [4.78, 5) is 20.4. The van der Waals surface area contributed by atoms with Crippen molar-refractivity contribution in [2.45, 2.75) is 25.7 Å². The summed E-state index contributed by atoms with van der Waals surface area (Å²) in [6.07, 6.45) is 5.15. The monoisotopic (exact) mass is 342 g/mol. The van der Waals surface area contributed by atoms with Gasteiger partial charge in [-0.1, -0.05) is 25.1 Å². The van der Waals surface area contributed by atoms with Crippen LogP contribution in [0.15, 0.2) is 18.2 Å². The second-order valence-corrected chi connectivity index (χ2v) is 5.70. The van der Waals surface area contributed by atoms with E-state index >= 15 is 0 Å². The highest BCUT2D eigenvalue weighted by molar-refractivity contribution is 8.11. The lowest BCUT2D eigenvalue weighted by atomic mass is 10.0. The van der Waals surface area contributed by atoms with Crippen LogP contribution in [-0.4, -0.2) is 20.7 Å². The zero-order valence-electron chi connectivity index (χ0n) is 11.7. The number of nitrogens with zero attached hydrogens (tertiary/aromatic N) is 2. The van der Waals surface area contributed by atoms with E-state index in [9.17, 15) is 20.2 Å². The molecule has 0 atom stereocenters. The van der Waals surface area contributed by atoms with Gasteiger partial charge >= 0.3 is 0 Å². The van der Waals surface area contributed by atoms with Gasteiger partial charge in [0.05, 0.1) is 15.9 Å². The van der Waals surface area contributed by atoms with E-state index < -0.39 is 9.85 Å². The Labute approximate surface area is 138 Å². The largest absolute Gasteiger partial charge is 0.371 e. The quantitative estimate of drug-likeness (QED) is 0.235. The van der Waals surface area contributed by atoms with Crippen LogP contribution in [0.3, 0.4) is 0 Å². The molecule has 0 saturated heterocycles. The number of unbranched alkanes of at least 4 members (excludes halogenated alkanes) is 3. The number of nitrogens with one attached hydrogen (secondary N) is 1. The number of hydrogen-bond donors (Lipinski definition) is 2. The maximum absolute atomic E-state index is 11.0. The molecule has 0 aliphatic carbocycles. The molecule has 0 amide bonds. The fourth-order valence-electron chi connectivity index (χ4n) is 1.88. The van der Waals surface area contributed by atoms with Gasteiger partial charge < -0.3 is 5.32 Å². The van der Waals surface area contributed by atoms with Gasteiger partial charge in [-0.25, -0.2) is 0 Å². The molecule has 0 heterocycles. The molecule has 0 aromatic heterocycles. The van der Waals surface area contributed by atoms with Gasteiger partial charge in [-0.15, -0.1) is 12.6 Å². The number of benzene rings is 1. The van der Waals surface area contributed by atoms with Crippen LogP contribution in [0.5, 0.6) is 0 Å². The van der Waals surface area contributed by atoms with Crippen molar-refractivity contribution >= 4 is 40.5 Å². The Morgan fingerprint density at radius 2 is 1.95 bits per heavy atom. The van der Waals surface area contributed by atoms with Gasteiger partial charge in [0.25, 0.3) is 11.4 Å². The van der Waals surface area contributed by atoms with Crippen LogP contribution in [0.2, 0.25) is 0 Å². The molecule has 1 aromatic rings. The molecular weight excluding hydrogens is 326 g/mol. The van der Waals surface area contributed by atoms with E-state index in [1.165, 1.54) is 12.1 Å². The molecule has 9 heteroatoms. The lowest BCUT2D eigenvalue weighted by Crippen LogP contribution is -2.17. The van der Waals surface area contributed by atoms with Gasteiger partial charge in [-0.3, -0.25) is 20.2 Å². The fourth-order valence-corrected chi connectivity index (χ4v) is 2.09. The molecule has 7 nitrogen and oxygen atoms in total. The first-order valence-electron chi connectivity index (χ1n) is 6.64. The van der Waals surface area contributed by atoms with Crippen LogP contribution in [0, 0.1) is 26.6 Å². The Morgan fingerprint density at radius 3 is 2.55 bits per heavy atom. The first kappa shape index (κ1) is 18.3. The third kappa shape index (κ3) is 6.35. The van der Waals surface area contributed by atoms with E-state index in [1.54, 1.807) is 6.42 Å². The summed E-state index contributed by atoms with van der Waals surface area (Å²) >= 11 is 8.71. The minimum atomic E-state index is -0.643. The van der Waals surface area contributed by atoms with Crippen LogP contribution >= 0.6 is 24.8 Å². The maximum Gasteiger partial charge on any atom is 0.279 e. The van der Waals surface area contributed by atoms with Gasteiger partial charge in [-0.2, -0.15) is 0 Å². The Morgan fingerprint density at radius 1 is 1.23 bits per heavy atom. The summed E-state index contributed by atoms with van der Waals surface area (Å²) in [5.74, 6) is 0. The zero-order valence-corrected chi connectivity index (χ0v) is 13.4. The van der Waals surface area contributed by atoms with Crippen molar-refractivity contribution in [3.63, 3.8) is 0 Å². The summed E-state index contributed by atoms with van der Waals surface area (Å²) < 4.78 is 0.466. The van der Waals surface area contributed by atoms with E-state index in [0.717, 1.165) is 31.9 Å². The summed E-state index contributed by atoms with van der Waals surface area (Å²) in [5, 5.41) is 24.5. The summed E-state index contributed by atoms with van der Waals surface area (Å²) in [6.45, 7) is 0.750. The maximum atomic E-state index is 11.0. The number of rotatable bonds is 9. The number of nitro benzene ring substituents is 2. The van der Waals surface area contributed by atoms with Crippen LogP contribution in [0.1, 0.15) is 31.2 Å². The highest BCUT2D eigenvalue weighted by Crippen LogP contribution is 2.27. The zero-order chi connectivity index (χ0) is 16.5. The highest BCUT2D eigenvalue weighted by atomic mass is 32.1. The molecule has 1 N–H and O–H groups in total. The van der Waals surface area contributed by atoms with Gasteiger partial charge in [0.2, 0.25) is 0 Å². The Kier molecular flexibility index (Phi) is 7.75. The van der Waals surface area contributed by atoms with Crippen LogP contribution in [0.4, 0.5) is 11.4 Å². The molecule has 0 spiro atoms. The molecule has 0 aliphatic heterocycles. The van der Waals surface area contributed by atoms with Crippen molar-refractivity contribution in [3.05, 3.63) is 50.4 Å². The lowest BCUT2D eigenvalue weighted by molar-refractivity contribution is -0.394. The van der Waals surface area contributed by atoms with Crippen molar-refractivity contribution in [2.24, 2.45) is 0 Å². The first-order valence-corrected chi connectivity index (χ1v) is 7.50. The van der Waals surface area contributed by atoms with Gasteiger partial charge in [-0.05, 0) is 25.3 Å². The van der Waals surface area contributed by atoms with E-state index in [1.807, 2.05) is 0 Å². The summed E-state index contributed by atoms with van der Waals surface area (Å²) in [5.41, 5.74) is -0.112. The molecule has 22 heavy (non-hydrogen) atoms. The summed E-state index contributed by atoms with van der Waals surface area (Å²) in [7, 11) is 0. The van der Waals surface area contributed by atoms with Crippen LogP contribution in [-0.2, 0) is 0 Å². The number of nitro groups is 2. The molecule has 1 rings (SSSR count). The van der Waals surface area contributed by atoms with E-state index in [0.29, 0.717) is 16.3 Å². The van der Waals surface area contributed by atoms with Crippen molar-refractivity contribution in [1.82, 2.24) is 5.32 Å². The average molecular weight is 342 g/mol. The Hall–Kier alpha value is -1.74. The van der Waals surface area contributed by atoms with Crippen molar-refractivity contribution in [1.29, 1.82) is 0 Å². The molecule has 1 radical (unpaired) electrons. The first-order chi connectivity index (χ1) is 10.4. The van der Waals surface area contributed by atoms with Crippen molar-refractivity contribution in [2.75, 3.05) is 6.54 Å². The van der Waals surface area contributed by atoms with E-state index in [2.05, 4.69) is 17.9 Å². The average Bonchev–Trinajstić information content (AvgIpc) is 2.45. The molecule has 1 aromatic carbocycles. The molecular formula is C13H16N3O4S2. The molecule has 0 aliphatic rings. The lowest BCUT2D eigenvalue weighted by Gasteiger charge is -2.04. The third-order valence-electron chi connectivity index (χ3n) is 2.94. The third-order valence-corrected chi connectivity index (χ3v) is 3.25. The number of non-ortho nitro benzene ring substituents is 1. The minimum absolute atomic E-state index is 0.240. The predicted molar refractivity (Wildman–Crippen MR) is 91.2 cm³/mol. The highest BCUT2D eigenvalue weighted by Gasteiger charge is 2.18. The molecule has 0 bridgehead atoms. The SMILES string of the molecule is O=[N+]([O-])c1ccc([CH]CCCCCNC(=S)S)c([N+](=O)[O-])c1. The second-order valence-electron chi connectivity index (χ2n) is 4.54. The Bertz CT molecular complexity index is 566. The number of thiocarbonyl (C=S) groups is 1. The smallest absolute Gasteiger partial charge is 0.279 e. The number of thiol groups is 1. The molecule has 119 valence electrons. The topological polar surface area (TPSA) is 98.3 Å². The second kappa shape index (κ2) is 9.31. The molecule has 0 fully saturated rings. The number of hydrogen-bond acceptors (Lipinski definition) is 5. The molecule has 0 unspecified atom stereocenters.